The summed E-state index contributed by atoms with van der Waals surface area (Å²) in [5, 5.41) is 14.3. The van der Waals surface area contributed by atoms with Gasteiger partial charge in [0.25, 0.3) is 0 Å². The average molecular weight is 387 g/mol. The Balaban J connectivity index is 1.73. The molecule has 1 fully saturated rings. The molecule has 0 bridgehead atoms. The molecule has 0 aliphatic carbocycles. The van der Waals surface area contributed by atoms with E-state index in [1.165, 1.54) is 5.56 Å². The average Bonchev–Trinajstić information content (AvgIpc) is 3.20. The largest absolute Gasteiger partial charge is 0.481 e. The van der Waals surface area contributed by atoms with Crippen LogP contribution in [-0.2, 0) is 4.79 Å². The summed E-state index contributed by atoms with van der Waals surface area (Å²) in [5.41, 5.74) is 2.32. The van der Waals surface area contributed by atoms with Crippen molar-refractivity contribution < 1.29 is 14.7 Å². The van der Waals surface area contributed by atoms with Crippen LogP contribution in [-0.4, -0.2) is 35.1 Å². The topological polar surface area (TPSA) is 69.6 Å². The molecule has 5 nitrogen and oxygen atoms in total. The van der Waals surface area contributed by atoms with Crippen LogP contribution in [0.2, 0.25) is 0 Å². The number of piperidine rings is 1. The molecule has 1 aliphatic heterocycles. The van der Waals surface area contributed by atoms with Gasteiger partial charge in [0.2, 0.25) is 0 Å². The van der Waals surface area contributed by atoms with E-state index in [9.17, 15) is 9.59 Å². The number of benzene rings is 1. The van der Waals surface area contributed by atoms with E-state index in [1.54, 1.807) is 16.2 Å². The summed E-state index contributed by atoms with van der Waals surface area (Å²) >= 11 is 1.62. The highest BCUT2D eigenvalue weighted by molar-refractivity contribution is 7.10. The molecule has 2 heterocycles. The van der Waals surface area contributed by atoms with Crippen LogP contribution in [0.15, 0.2) is 41.8 Å². The Bertz CT molecular complexity index is 763. The summed E-state index contributed by atoms with van der Waals surface area (Å²) in [4.78, 5) is 26.7. The van der Waals surface area contributed by atoms with Crippen molar-refractivity contribution in [1.82, 2.24) is 10.2 Å². The first-order chi connectivity index (χ1) is 13.0. The van der Waals surface area contributed by atoms with Gasteiger partial charge in [-0.05, 0) is 41.3 Å². The molecule has 3 rings (SSSR count). The van der Waals surface area contributed by atoms with Gasteiger partial charge in [0.05, 0.1) is 12.0 Å². The highest BCUT2D eigenvalue weighted by Gasteiger charge is 2.28. The highest BCUT2D eigenvalue weighted by atomic mass is 32.1. The summed E-state index contributed by atoms with van der Waals surface area (Å²) in [6.45, 7) is 5.28. The fraction of sp³-hybridized carbons (Fsp3) is 0.429. The summed E-state index contributed by atoms with van der Waals surface area (Å²) in [6, 6.07) is 12.1. The first-order valence-corrected chi connectivity index (χ1v) is 10.2. The molecular formula is C21H26N2O3S. The monoisotopic (exact) mass is 386 g/mol. The van der Waals surface area contributed by atoms with E-state index < -0.39 is 5.97 Å². The van der Waals surface area contributed by atoms with Crippen molar-refractivity contribution >= 4 is 23.3 Å². The lowest BCUT2D eigenvalue weighted by Crippen LogP contribution is -2.46. The van der Waals surface area contributed by atoms with Gasteiger partial charge in [-0.15, -0.1) is 11.3 Å². The fourth-order valence-electron chi connectivity index (χ4n) is 3.39. The molecule has 2 N–H and O–H groups in total. The number of thiophene rings is 1. The Hall–Kier alpha value is -2.34. The van der Waals surface area contributed by atoms with E-state index in [1.807, 2.05) is 17.5 Å². The van der Waals surface area contributed by atoms with Gasteiger partial charge in [0, 0.05) is 18.0 Å². The Morgan fingerprint density at radius 1 is 1.11 bits per heavy atom. The van der Waals surface area contributed by atoms with Crippen LogP contribution in [0.25, 0.3) is 0 Å². The first-order valence-electron chi connectivity index (χ1n) is 9.37. The van der Waals surface area contributed by atoms with Crippen LogP contribution < -0.4 is 5.32 Å². The quantitative estimate of drug-likeness (QED) is 0.797. The fourth-order valence-corrected chi connectivity index (χ4v) is 4.19. The number of aliphatic carboxylic acids is 1. The molecule has 2 amide bonds. The lowest BCUT2D eigenvalue weighted by atomic mass is 9.97. The number of carbonyl (C=O) groups excluding carboxylic acids is 1. The van der Waals surface area contributed by atoms with Crippen molar-refractivity contribution in [1.29, 1.82) is 0 Å². The number of hydrogen-bond acceptors (Lipinski definition) is 3. The minimum Gasteiger partial charge on any atom is -0.481 e. The Labute approximate surface area is 164 Å². The van der Waals surface area contributed by atoms with Crippen molar-refractivity contribution in [2.75, 3.05) is 13.1 Å². The predicted octanol–water partition coefficient (Wildman–Crippen LogP) is 4.47. The molecule has 2 aromatic rings. The van der Waals surface area contributed by atoms with Crippen LogP contribution in [0, 0.1) is 5.92 Å². The molecule has 1 atom stereocenters. The van der Waals surface area contributed by atoms with Crippen molar-refractivity contribution in [3.63, 3.8) is 0 Å². The van der Waals surface area contributed by atoms with Crippen LogP contribution in [0.4, 0.5) is 4.79 Å². The van der Waals surface area contributed by atoms with E-state index in [0.29, 0.717) is 31.8 Å². The minimum atomic E-state index is -0.767. The number of carboxylic acids is 1. The van der Waals surface area contributed by atoms with Crippen LogP contribution in [0.5, 0.6) is 0 Å². The molecule has 1 saturated heterocycles. The van der Waals surface area contributed by atoms with Gasteiger partial charge in [0.15, 0.2) is 0 Å². The Morgan fingerprint density at radius 3 is 2.26 bits per heavy atom. The number of rotatable bonds is 5. The van der Waals surface area contributed by atoms with Crippen molar-refractivity contribution in [2.45, 2.75) is 38.6 Å². The maximum absolute atomic E-state index is 12.8. The second kappa shape index (κ2) is 8.57. The molecule has 1 aromatic carbocycles. The molecule has 27 heavy (non-hydrogen) atoms. The standard InChI is InChI=1S/C21H26N2O3S/c1-14(2)15-5-7-16(8-6-15)19(18-4-3-13-27-18)22-21(26)23-11-9-17(10-12-23)20(24)25/h3-8,13-14,17,19H,9-12H2,1-2H3,(H,22,26)(H,24,25). The lowest BCUT2D eigenvalue weighted by Gasteiger charge is -2.31. The first kappa shape index (κ1) is 19.4. The second-order valence-corrected chi connectivity index (χ2v) is 8.30. The molecule has 0 saturated carbocycles. The van der Waals surface area contributed by atoms with E-state index in [0.717, 1.165) is 10.4 Å². The number of nitrogens with zero attached hydrogens (tertiary/aromatic N) is 1. The molecule has 144 valence electrons. The summed E-state index contributed by atoms with van der Waals surface area (Å²) in [6.07, 6.45) is 1.02. The number of nitrogens with one attached hydrogen (secondary N) is 1. The third-order valence-electron chi connectivity index (χ3n) is 5.16. The van der Waals surface area contributed by atoms with E-state index in [4.69, 9.17) is 5.11 Å². The number of likely N-dealkylation sites (tertiary alicyclic amines) is 1. The van der Waals surface area contributed by atoms with Crippen LogP contribution in [0.3, 0.4) is 0 Å². The minimum absolute atomic E-state index is 0.134. The number of carbonyl (C=O) groups is 2. The van der Waals surface area contributed by atoms with Crippen molar-refractivity contribution in [3.05, 3.63) is 57.8 Å². The summed E-state index contributed by atoms with van der Waals surface area (Å²) < 4.78 is 0. The van der Waals surface area contributed by atoms with Gasteiger partial charge < -0.3 is 15.3 Å². The molecule has 0 spiro atoms. The Morgan fingerprint density at radius 2 is 1.74 bits per heavy atom. The number of amides is 2. The zero-order valence-electron chi connectivity index (χ0n) is 15.7. The number of carboxylic acid groups (broad SMARTS) is 1. The molecule has 1 aromatic heterocycles. The van der Waals surface area contributed by atoms with Gasteiger partial charge >= 0.3 is 12.0 Å². The summed E-state index contributed by atoms with van der Waals surface area (Å²) in [7, 11) is 0. The van der Waals surface area contributed by atoms with Gasteiger partial charge in [-0.1, -0.05) is 44.2 Å². The maximum atomic E-state index is 12.8. The van der Waals surface area contributed by atoms with Gasteiger partial charge in [-0.2, -0.15) is 0 Å². The van der Waals surface area contributed by atoms with Gasteiger partial charge in [0.1, 0.15) is 0 Å². The molecule has 0 radical (unpaired) electrons. The lowest BCUT2D eigenvalue weighted by molar-refractivity contribution is -0.143. The maximum Gasteiger partial charge on any atom is 0.318 e. The normalized spacial score (nSPS) is 16.3. The van der Waals surface area contributed by atoms with Crippen LogP contribution in [0.1, 0.15) is 54.7 Å². The number of urea groups is 1. The second-order valence-electron chi connectivity index (χ2n) is 7.32. The number of hydrogen-bond donors (Lipinski definition) is 2. The molecular weight excluding hydrogens is 360 g/mol. The zero-order valence-corrected chi connectivity index (χ0v) is 16.5. The third-order valence-corrected chi connectivity index (χ3v) is 6.10. The molecule has 1 aliphatic rings. The smallest absolute Gasteiger partial charge is 0.318 e. The predicted molar refractivity (Wildman–Crippen MR) is 107 cm³/mol. The Kier molecular flexibility index (Phi) is 6.16. The van der Waals surface area contributed by atoms with Crippen molar-refractivity contribution in [2.24, 2.45) is 5.92 Å². The van der Waals surface area contributed by atoms with E-state index in [2.05, 4.69) is 43.4 Å². The highest BCUT2D eigenvalue weighted by Crippen LogP contribution is 2.28. The van der Waals surface area contributed by atoms with Gasteiger partial charge in [-0.25, -0.2) is 4.79 Å². The zero-order chi connectivity index (χ0) is 19.4. The SMILES string of the molecule is CC(C)c1ccc(C(NC(=O)N2CCC(C(=O)O)CC2)c2cccs2)cc1. The van der Waals surface area contributed by atoms with Gasteiger partial charge in [-0.3, -0.25) is 4.79 Å². The third kappa shape index (κ3) is 4.69. The van der Waals surface area contributed by atoms with Crippen LogP contribution >= 0.6 is 11.3 Å². The molecule has 6 heteroatoms. The molecule has 1 unspecified atom stereocenters. The van der Waals surface area contributed by atoms with E-state index in [-0.39, 0.29) is 18.0 Å². The van der Waals surface area contributed by atoms with E-state index >= 15 is 0 Å². The summed E-state index contributed by atoms with van der Waals surface area (Å²) in [5.74, 6) is -0.646. The van der Waals surface area contributed by atoms with Crippen molar-refractivity contribution in [3.8, 4) is 0 Å².